The lowest BCUT2D eigenvalue weighted by molar-refractivity contribution is -0.154. The van der Waals surface area contributed by atoms with E-state index in [0.717, 1.165) is 12.1 Å². The molecule has 0 fully saturated rings. The first-order valence-corrected chi connectivity index (χ1v) is 11.9. The standard InChI is InChI=1S/C25H29F3N8O3/c1-36(12-10-29)13-11-30-21(38)19-6-2-17(3-7-19)14-31-22-33-23(32-20-8-4-18(15-37)5-9-20)35-24(34-22)39-16-25(26,27)28/h2-9,15H,10-14,16,29H2,1H3,(H,30,38)(H2,31,32,33,34,35). The Kier molecular flexibility index (Phi) is 10.5. The number of hydrogen-bond donors (Lipinski definition) is 4. The molecule has 3 rings (SSSR count). The first-order valence-electron chi connectivity index (χ1n) is 11.9. The zero-order valence-electron chi connectivity index (χ0n) is 21.2. The second kappa shape index (κ2) is 14.0. The quantitative estimate of drug-likeness (QED) is 0.223. The molecule has 0 aliphatic carbocycles. The molecule has 0 aliphatic rings. The molecule has 0 aliphatic heterocycles. The highest BCUT2D eigenvalue weighted by Crippen LogP contribution is 2.20. The average molecular weight is 547 g/mol. The van der Waals surface area contributed by atoms with Gasteiger partial charge in [0.2, 0.25) is 11.9 Å². The molecule has 5 N–H and O–H groups in total. The summed E-state index contributed by atoms with van der Waals surface area (Å²) in [5.41, 5.74) is 7.71. The molecule has 208 valence electrons. The van der Waals surface area contributed by atoms with E-state index in [2.05, 4.69) is 30.9 Å². The fourth-order valence-electron chi connectivity index (χ4n) is 3.23. The van der Waals surface area contributed by atoms with E-state index in [1.165, 1.54) is 0 Å². The Bertz CT molecular complexity index is 1220. The van der Waals surface area contributed by atoms with Crippen molar-refractivity contribution in [3.05, 3.63) is 65.2 Å². The largest absolute Gasteiger partial charge is 0.454 e. The molecule has 2 aromatic carbocycles. The monoisotopic (exact) mass is 546 g/mol. The number of hydrogen-bond acceptors (Lipinski definition) is 10. The van der Waals surface area contributed by atoms with Crippen molar-refractivity contribution < 1.29 is 27.5 Å². The van der Waals surface area contributed by atoms with Gasteiger partial charge in [-0.3, -0.25) is 9.59 Å². The van der Waals surface area contributed by atoms with E-state index in [-0.39, 0.29) is 24.3 Å². The van der Waals surface area contributed by atoms with Crippen molar-refractivity contribution in [1.82, 2.24) is 25.2 Å². The van der Waals surface area contributed by atoms with Crippen LogP contribution in [0.4, 0.5) is 30.8 Å². The number of benzene rings is 2. The van der Waals surface area contributed by atoms with Crippen LogP contribution >= 0.6 is 0 Å². The summed E-state index contributed by atoms with van der Waals surface area (Å²) < 4.78 is 42.7. The van der Waals surface area contributed by atoms with Gasteiger partial charge < -0.3 is 31.3 Å². The van der Waals surface area contributed by atoms with Gasteiger partial charge in [0.25, 0.3) is 5.91 Å². The summed E-state index contributed by atoms with van der Waals surface area (Å²) in [5.74, 6) is -0.304. The summed E-state index contributed by atoms with van der Waals surface area (Å²) in [6.07, 6.45) is -3.90. The summed E-state index contributed by atoms with van der Waals surface area (Å²) in [6, 6.07) is 12.6. The van der Waals surface area contributed by atoms with Crippen molar-refractivity contribution in [2.45, 2.75) is 12.7 Å². The van der Waals surface area contributed by atoms with Crippen molar-refractivity contribution >= 4 is 29.8 Å². The third kappa shape index (κ3) is 10.2. The van der Waals surface area contributed by atoms with Crippen LogP contribution in [-0.4, -0.2) is 78.1 Å². The van der Waals surface area contributed by atoms with Gasteiger partial charge in [0, 0.05) is 49.5 Å². The number of carbonyl (C=O) groups excluding carboxylic acids is 2. The maximum atomic E-state index is 12.7. The Labute approximate surface area is 223 Å². The number of likely N-dealkylation sites (N-methyl/N-ethyl adjacent to an activating group) is 1. The molecule has 0 bridgehead atoms. The Morgan fingerprint density at radius 1 is 1.03 bits per heavy atom. The number of nitrogens with two attached hydrogens (primary N) is 1. The number of aldehydes is 1. The van der Waals surface area contributed by atoms with E-state index in [4.69, 9.17) is 10.5 Å². The van der Waals surface area contributed by atoms with Crippen LogP contribution in [0.5, 0.6) is 6.01 Å². The van der Waals surface area contributed by atoms with Gasteiger partial charge in [-0.15, -0.1) is 0 Å². The number of halogens is 3. The minimum Gasteiger partial charge on any atom is -0.454 e. The number of aromatic nitrogens is 3. The SMILES string of the molecule is CN(CCN)CCNC(=O)c1ccc(CNc2nc(Nc3ccc(C=O)cc3)nc(OCC(F)(F)F)n2)cc1. The highest BCUT2D eigenvalue weighted by molar-refractivity contribution is 5.94. The van der Waals surface area contributed by atoms with Gasteiger partial charge in [-0.05, 0) is 49.0 Å². The van der Waals surface area contributed by atoms with Crippen LogP contribution in [0.15, 0.2) is 48.5 Å². The number of nitrogens with one attached hydrogen (secondary N) is 3. The van der Waals surface area contributed by atoms with Gasteiger partial charge in [0.05, 0.1) is 0 Å². The average Bonchev–Trinajstić information content (AvgIpc) is 2.91. The van der Waals surface area contributed by atoms with Gasteiger partial charge >= 0.3 is 12.2 Å². The lowest BCUT2D eigenvalue weighted by Gasteiger charge is -2.15. The van der Waals surface area contributed by atoms with E-state index in [0.29, 0.717) is 42.7 Å². The number of amides is 1. The van der Waals surface area contributed by atoms with Gasteiger partial charge in [0.15, 0.2) is 6.61 Å². The number of ether oxygens (including phenoxy) is 1. The fraction of sp³-hybridized carbons (Fsp3) is 0.320. The Balaban J connectivity index is 1.64. The maximum absolute atomic E-state index is 12.7. The predicted molar refractivity (Wildman–Crippen MR) is 139 cm³/mol. The van der Waals surface area contributed by atoms with Crippen molar-refractivity contribution in [2.75, 3.05) is 50.5 Å². The minimum atomic E-state index is -4.58. The first-order chi connectivity index (χ1) is 18.6. The predicted octanol–water partition coefficient (Wildman–Crippen LogP) is 2.60. The summed E-state index contributed by atoms with van der Waals surface area (Å²) in [6.45, 7) is 1.07. The van der Waals surface area contributed by atoms with Crippen LogP contribution in [0.3, 0.4) is 0 Å². The number of carbonyl (C=O) groups is 2. The van der Waals surface area contributed by atoms with Crippen LogP contribution in [0.1, 0.15) is 26.3 Å². The molecule has 0 atom stereocenters. The molecule has 39 heavy (non-hydrogen) atoms. The summed E-state index contributed by atoms with van der Waals surface area (Å²) in [4.78, 5) is 37.2. The summed E-state index contributed by atoms with van der Waals surface area (Å²) >= 11 is 0. The molecule has 0 saturated carbocycles. The first kappa shape index (κ1) is 29.3. The fourth-order valence-corrected chi connectivity index (χ4v) is 3.23. The van der Waals surface area contributed by atoms with Crippen LogP contribution in [0.2, 0.25) is 0 Å². The van der Waals surface area contributed by atoms with Crippen LogP contribution < -0.4 is 26.4 Å². The Morgan fingerprint density at radius 3 is 2.36 bits per heavy atom. The van der Waals surface area contributed by atoms with Gasteiger partial charge in [-0.2, -0.15) is 28.1 Å². The second-order valence-electron chi connectivity index (χ2n) is 8.43. The third-order valence-electron chi connectivity index (χ3n) is 5.24. The zero-order chi connectivity index (χ0) is 28.3. The lowest BCUT2D eigenvalue weighted by Crippen LogP contribution is -2.35. The molecule has 14 heteroatoms. The van der Waals surface area contributed by atoms with Crippen LogP contribution in [0.25, 0.3) is 0 Å². The smallest absolute Gasteiger partial charge is 0.422 e. The number of anilines is 3. The van der Waals surface area contributed by atoms with Gasteiger partial charge in [0.1, 0.15) is 6.29 Å². The molecule has 1 aromatic heterocycles. The topological polar surface area (TPSA) is 147 Å². The highest BCUT2D eigenvalue weighted by atomic mass is 19.4. The summed E-state index contributed by atoms with van der Waals surface area (Å²) in [7, 11) is 1.92. The zero-order valence-corrected chi connectivity index (χ0v) is 21.2. The van der Waals surface area contributed by atoms with Crippen molar-refractivity contribution in [3.8, 4) is 6.01 Å². The van der Waals surface area contributed by atoms with Crippen molar-refractivity contribution in [3.63, 3.8) is 0 Å². The molecule has 1 amide bonds. The molecule has 11 nitrogen and oxygen atoms in total. The molecular formula is C25H29F3N8O3. The van der Waals surface area contributed by atoms with Crippen LogP contribution in [0, 0.1) is 0 Å². The van der Waals surface area contributed by atoms with E-state index < -0.39 is 18.8 Å². The number of nitrogens with zero attached hydrogens (tertiary/aromatic N) is 4. The van der Waals surface area contributed by atoms with Crippen LogP contribution in [-0.2, 0) is 6.54 Å². The summed E-state index contributed by atoms with van der Waals surface area (Å²) in [5, 5.41) is 8.62. The highest BCUT2D eigenvalue weighted by Gasteiger charge is 2.29. The molecule has 1 heterocycles. The molecule has 0 radical (unpaired) electrons. The Hall–Kier alpha value is -4.30. The molecular weight excluding hydrogens is 517 g/mol. The maximum Gasteiger partial charge on any atom is 0.422 e. The molecule has 0 unspecified atom stereocenters. The number of alkyl halides is 3. The molecule has 0 saturated heterocycles. The normalized spacial score (nSPS) is 11.2. The van der Waals surface area contributed by atoms with Gasteiger partial charge in [-0.25, -0.2) is 0 Å². The van der Waals surface area contributed by atoms with Crippen molar-refractivity contribution in [1.29, 1.82) is 0 Å². The van der Waals surface area contributed by atoms with E-state index in [1.54, 1.807) is 48.5 Å². The molecule has 0 spiro atoms. The Morgan fingerprint density at radius 2 is 1.72 bits per heavy atom. The van der Waals surface area contributed by atoms with Gasteiger partial charge in [-0.1, -0.05) is 12.1 Å². The second-order valence-corrected chi connectivity index (χ2v) is 8.43. The minimum absolute atomic E-state index is 0.0300. The van der Waals surface area contributed by atoms with E-state index in [1.807, 2.05) is 11.9 Å². The third-order valence-corrected chi connectivity index (χ3v) is 5.24. The van der Waals surface area contributed by atoms with Crippen molar-refractivity contribution in [2.24, 2.45) is 5.73 Å². The number of rotatable bonds is 14. The van der Waals surface area contributed by atoms with E-state index >= 15 is 0 Å². The van der Waals surface area contributed by atoms with E-state index in [9.17, 15) is 22.8 Å². The molecule has 3 aromatic rings. The lowest BCUT2D eigenvalue weighted by atomic mass is 10.1.